The lowest BCUT2D eigenvalue weighted by Gasteiger charge is -2.52. The van der Waals surface area contributed by atoms with Crippen molar-refractivity contribution >= 4 is 0 Å². The van der Waals surface area contributed by atoms with E-state index in [0.29, 0.717) is 0 Å². The topological polar surface area (TPSA) is 0 Å². The molecule has 0 aliphatic heterocycles. The summed E-state index contributed by atoms with van der Waals surface area (Å²) in [4.78, 5) is 0. The first-order valence-electron chi connectivity index (χ1n) is 6.65. The van der Waals surface area contributed by atoms with E-state index >= 15 is 0 Å². The van der Waals surface area contributed by atoms with Crippen LogP contribution in [0.2, 0.25) is 0 Å². The Morgan fingerprint density at radius 2 is 1.56 bits per heavy atom. The summed E-state index contributed by atoms with van der Waals surface area (Å²) in [5.41, 5.74) is 0.839. The van der Waals surface area contributed by atoms with Gasteiger partial charge in [0.15, 0.2) is 0 Å². The second kappa shape index (κ2) is 6.07. The van der Waals surface area contributed by atoms with Gasteiger partial charge in [0.05, 0.1) is 0 Å². The fourth-order valence-electron chi connectivity index (χ4n) is 3.78. The minimum Gasteiger partial charge on any atom is -0.0776 e. The van der Waals surface area contributed by atoms with E-state index in [1.54, 1.807) is 25.7 Å². The molecule has 0 saturated heterocycles. The maximum atomic E-state index is 2.40. The van der Waals surface area contributed by atoms with Gasteiger partial charge in [-0.2, -0.15) is 0 Å². The molecule has 16 heavy (non-hydrogen) atoms. The minimum absolute atomic E-state index is 0. The summed E-state index contributed by atoms with van der Waals surface area (Å²) >= 11 is 0. The lowest BCUT2D eigenvalue weighted by atomic mass is 9.53. The third kappa shape index (κ3) is 3.02. The molecule has 0 N–H and O–H groups in total. The van der Waals surface area contributed by atoms with Crippen LogP contribution >= 0.6 is 0 Å². The van der Waals surface area contributed by atoms with Crippen LogP contribution in [0.1, 0.15) is 80.6 Å². The average Bonchev–Trinajstić information content (AvgIpc) is 2.14. The van der Waals surface area contributed by atoms with Gasteiger partial charge < -0.3 is 0 Å². The summed E-state index contributed by atoms with van der Waals surface area (Å²) in [6.07, 6.45) is 10.7. The molecule has 0 radical (unpaired) electrons. The molecule has 0 bridgehead atoms. The monoisotopic (exact) mass is 226 g/mol. The third-order valence-corrected chi connectivity index (χ3v) is 5.05. The Morgan fingerprint density at radius 1 is 1.06 bits per heavy atom. The van der Waals surface area contributed by atoms with E-state index in [-0.39, 0.29) is 14.9 Å². The summed E-state index contributed by atoms with van der Waals surface area (Å²) < 4.78 is 0. The van der Waals surface area contributed by atoms with Gasteiger partial charge in [0.1, 0.15) is 0 Å². The zero-order valence-corrected chi connectivity index (χ0v) is 10.2. The first kappa shape index (κ1) is 16.0. The molecule has 2 aliphatic carbocycles. The summed E-state index contributed by atoms with van der Waals surface area (Å²) in [7, 11) is 0. The lowest BCUT2D eigenvalue weighted by Crippen LogP contribution is -2.40. The molecular weight excluding hydrogens is 192 g/mol. The normalized spacial score (nSPS) is 37.5. The van der Waals surface area contributed by atoms with Crippen molar-refractivity contribution < 1.29 is 0 Å². The summed E-state index contributed by atoms with van der Waals surface area (Å²) in [5.74, 6) is 3.06. The molecule has 0 aromatic heterocycles. The van der Waals surface area contributed by atoms with Gasteiger partial charge in [-0.05, 0) is 61.7 Å². The molecule has 0 heteroatoms. The van der Waals surface area contributed by atoms with Gasteiger partial charge in [0.25, 0.3) is 0 Å². The van der Waals surface area contributed by atoms with Crippen molar-refractivity contribution in [2.75, 3.05) is 0 Å². The maximum Gasteiger partial charge on any atom is -0.0292 e. The highest BCUT2D eigenvalue weighted by molar-refractivity contribution is 4.96. The van der Waals surface area contributed by atoms with E-state index < -0.39 is 0 Å². The van der Waals surface area contributed by atoms with Crippen molar-refractivity contribution in [2.24, 2.45) is 23.2 Å². The second-order valence-electron chi connectivity index (χ2n) is 6.26. The van der Waals surface area contributed by atoms with Gasteiger partial charge in [0, 0.05) is 0 Å². The minimum atomic E-state index is 0. The molecule has 2 fully saturated rings. The SMILES string of the molecule is C.C.CCC1CC2(CCC(C(C)C)CC2)C1. The fourth-order valence-corrected chi connectivity index (χ4v) is 3.78. The molecule has 0 amide bonds. The van der Waals surface area contributed by atoms with E-state index in [1.165, 1.54) is 19.3 Å². The van der Waals surface area contributed by atoms with E-state index in [9.17, 15) is 0 Å². The zero-order valence-electron chi connectivity index (χ0n) is 10.2. The molecule has 2 saturated carbocycles. The zero-order chi connectivity index (χ0) is 10.2. The van der Waals surface area contributed by atoms with Crippen LogP contribution in [0.15, 0.2) is 0 Å². The van der Waals surface area contributed by atoms with Crippen LogP contribution in [0.5, 0.6) is 0 Å². The highest BCUT2D eigenvalue weighted by Gasteiger charge is 2.45. The molecule has 2 rings (SSSR count). The van der Waals surface area contributed by atoms with Gasteiger partial charge in [-0.15, -0.1) is 0 Å². The predicted octanol–water partition coefficient (Wildman–Crippen LogP) is 5.91. The second-order valence-corrected chi connectivity index (χ2v) is 6.26. The van der Waals surface area contributed by atoms with Crippen molar-refractivity contribution in [3.05, 3.63) is 0 Å². The highest BCUT2D eigenvalue weighted by atomic mass is 14.5. The quantitative estimate of drug-likeness (QED) is 0.549. The van der Waals surface area contributed by atoms with Crippen molar-refractivity contribution in [3.8, 4) is 0 Å². The summed E-state index contributed by atoms with van der Waals surface area (Å²) in [6, 6.07) is 0. The number of rotatable bonds is 2. The third-order valence-electron chi connectivity index (χ3n) is 5.05. The van der Waals surface area contributed by atoms with Crippen LogP contribution in [-0.2, 0) is 0 Å². The molecule has 0 aromatic rings. The first-order chi connectivity index (χ1) is 6.65. The van der Waals surface area contributed by atoms with Gasteiger partial charge in [-0.1, -0.05) is 42.0 Å². The average molecular weight is 226 g/mol. The number of hydrogen-bond acceptors (Lipinski definition) is 0. The molecule has 1 spiro atoms. The molecule has 0 heterocycles. The van der Waals surface area contributed by atoms with E-state index in [1.807, 2.05) is 0 Å². The van der Waals surface area contributed by atoms with E-state index in [0.717, 1.165) is 23.2 Å². The van der Waals surface area contributed by atoms with Crippen molar-refractivity contribution in [2.45, 2.75) is 80.6 Å². The van der Waals surface area contributed by atoms with Crippen LogP contribution in [0.3, 0.4) is 0 Å². The van der Waals surface area contributed by atoms with E-state index in [4.69, 9.17) is 0 Å². The van der Waals surface area contributed by atoms with E-state index in [2.05, 4.69) is 20.8 Å². The molecule has 0 aromatic carbocycles. The Labute approximate surface area is 104 Å². The van der Waals surface area contributed by atoms with Crippen LogP contribution in [0.4, 0.5) is 0 Å². The van der Waals surface area contributed by atoms with Crippen LogP contribution < -0.4 is 0 Å². The Kier molecular flexibility index (Phi) is 6.07. The lowest BCUT2D eigenvalue weighted by molar-refractivity contribution is -0.00758. The first-order valence-corrected chi connectivity index (χ1v) is 6.65. The summed E-state index contributed by atoms with van der Waals surface area (Å²) in [6.45, 7) is 7.16. The Bertz CT molecular complexity index is 176. The summed E-state index contributed by atoms with van der Waals surface area (Å²) in [5, 5.41) is 0. The van der Waals surface area contributed by atoms with Crippen molar-refractivity contribution in [1.82, 2.24) is 0 Å². The molecule has 2 aliphatic rings. The molecular formula is C16H34. The van der Waals surface area contributed by atoms with Crippen molar-refractivity contribution in [1.29, 1.82) is 0 Å². The smallest absolute Gasteiger partial charge is 0.0292 e. The Balaban J connectivity index is 0.00000112. The maximum absolute atomic E-state index is 2.40. The van der Waals surface area contributed by atoms with Gasteiger partial charge in [-0.25, -0.2) is 0 Å². The van der Waals surface area contributed by atoms with Gasteiger partial charge >= 0.3 is 0 Å². The van der Waals surface area contributed by atoms with Gasteiger partial charge in [-0.3, -0.25) is 0 Å². The molecule has 0 nitrogen and oxygen atoms in total. The predicted molar refractivity (Wildman–Crippen MR) is 75.7 cm³/mol. The molecule has 98 valence electrons. The fraction of sp³-hybridized carbons (Fsp3) is 1.00. The standard InChI is InChI=1S/C14H26.2CH4/c1-4-12-9-14(10-12)7-5-13(6-8-14)11(2)3;;/h11-13H,4-10H2,1-3H3;2*1H4. The van der Waals surface area contributed by atoms with Crippen LogP contribution in [-0.4, -0.2) is 0 Å². The molecule has 0 atom stereocenters. The number of hydrogen-bond donors (Lipinski definition) is 0. The molecule has 0 unspecified atom stereocenters. The Hall–Kier alpha value is 0. The highest BCUT2D eigenvalue weighted by Crippen LogP contribution is 2.57. The van der Waals surface area contributed by atoms with Gasteiger partial charge in [0.2, 0.25) is 0 Å². The van der Waals surface area contributed by atoms with Crippen LogP contribution in [0, 0.1) is 23.2 Å². The van der Waals surface area contributed by atoms with Crippen molar-refractivity contribution in [3.63, 3.8) is 0 Å². The van der Waals surface area contributed by atoms with Crippen LogP contribution in [0.25, 0.3) is 0 Å². The Morgan fingerprint density at radius 3 is 1.94 bits per heavy atom. The largest absolute Gasteiger partial charge is 0.0776 e.